The number of hydrogen-bond donors (Lipinski definition) is 0. The monoisotopic (exact) mass is 350 g/mol. The van der Waals surface area contributed by atoms with E-state index in [1.165, 1.54) is 6.26 Å². The minimum atomic E-state index is -2.53. The molecule has 0 saturated carbocycles. The van der Waals surface area contributed by atoms with Gasteiger partial charge in [0.15, 0.2) is 0 Å². The fraction of sp³-hybridized carbons (Fsp3) is 1.00. The maximum atomic E-state index is 10.9. The highest BCUT2D eigenvalue weighted by Gasteiger charge is 1.96. The van der Waals surface area contributed by atoms with Crippen molar-refractivity contribution in [3.63, 3.8) is 0 Å². The van der Waals surface area contributed by atoms with Crippen LogP contribution in [0.1, 0.15) is 0 Å². The number of halogens is 1. The van der Waals surface area contributed by atoms with Crippen LogP contribution in [0.15, 0.2) is 0 Å². The summed E-state index contributed by atoms with van der Waals surface area (Å²) in [5, 5.41) is 0.833. The Balaban J connectivity index is 3.04. The summed E-state index contributed by atoms with van der Waals surface area (Å²) in [6.45, 7) is 3.42. The third-order valence-electron chi connectivity index (χ3n) is 1.49. The predicted octanol–water partition coefficient (Wildman–Crippen LogP) is 0.739. The van der Waals surface area contributed by atoms with E-state index in [1.807, 2.05) is 0 Å². The van der Waals surface area contributed by atoms with Gasteiger partial charge in [-0.1, -0.05) is 15.9 Å². The largest absolute Gasteiger partial charge is 0.378 e. The fourth-order valence-corrected chi connectivity index (χ4v) is 1.64. The molecule has 0 fully saturated rings. The Labute approximate surface area is 116 Å². The molecule has 1 unspecified atom stereocenters. The third kappa shape index (κ3) is 16.7. The normalized spacial score (nSPS) is 14.7. The molecule has 0 spiro atoms. The second kappa shape index (κ2) is 11.8. The highest BCUT2D eigenvalue weighted by Crippen LogP contribution is 1.88. The molecule has 0 aromatic heterocycles. The molecule has 0 N–H and O–H groups in total. The Morgan fingerprint density at radius 1 is 0.941 bits per heavy atom. The van der Waals surface area contributed by atoms with Gasteiger partial charge in [-0.05, 0) is 0 Å². The van der Waals surface area contributed by atoms with Gasteiger partial charge in [0.2, 0.25) is 0 Å². The molecule has 0 bridgehead atoms. The number of rotatable bonds is 12. The molecule has 0 aromatic rings. The van der Waals surface area contributed by atoms with E-state index < -0.39 is 8.77 Å². The summed E-state index contributed by atoms with van der Waals surface area (Å²) < 4.78 is 31.4. The first-order valence-corrected chi connectivity index (χ1v) is 9.13. The van der Waals surface area contributed by atoms with E-state index in [9.17, 15) is 4.21 Å². The first-order valence-electron chi connectivity index (χ1n) is 5.20. The average molecular weight is 351 g/mol. The minimum Gasteiger partial charge on any atom is -0.378 e. The van der Waals surface area contributed by atoms with E-state index in [0.717, 1.165) is 5.33 Å². The smallest absolute Gasteiger partial charge is 0.141 e. The maximum Gasteiger partial charge on any atom is 0.141 e. The zero-order chi connectivity index (χ0) is 13.0. The molecule has 104 valence electrons. The van der Waals surface area contributed by atoms with Crippen LogP contribution in [0.4, 0.5) is 0 Å². The van der Waals surface area contributed by atoms with Gasteiger partial charge in [0.1, 0.15) is 8.77 Å². The highest BCUT2D eigenvalue weighted by molar-refractivity contribution is 9.09. The lowest BCUT2D eigenvalue weighted by molar-refractivity contribution is 0.0126. The molecule has 0 aliphatic carbocycles. The Bertz CT molecular complexity index is 258. The Hall–Kier alpha value is 0.690. The zero-order valence-corrected chi connectivity index (χ0v) is 13.1. The van der Waals surface area contributed by atoms with E-state index in [-0.39, 0.29) is 6.61 Å². The zero-order valence-electron chi connectivity index (χ0n) is 9.89. The van der Waals surface area contributed by atoms with Gasteiger partial charge < -0.3 is 14.2 Å². The molecule has 0 radical (unpaired) electrons. The van der Waals surface area contributed by atoms with Crippen LogP contribution in [0.3, 0.4) is 0 Å². The van der Waals surface area contributed by atoms with E-state index in [0.29, 0.717) is 39.6 Å². The van der Waals surface area contributed by atoms with Crippen molar-refractivity contribution in [3.8, 4) is 0 Å². The molecular formula is C9H19BrO5S2. The van der Waals surface area contributed by atoms with Crippen molar-refractivity contribution in [1.29, 1.82) is 0 Å². The molecule has 0 aromatic carbocycles. The van der Waals surface area contributed by atoms with E-state index in [1.54, 1.807) is 0 Å². The second-order valence-electron chi connectivity index (χ2n) is 3.05. The molecule has 0 aliphatic rings. The van der Waals surface area contributed by atoms with Crippen LogP contribution in [-0.4, -0.2) is 62.0 Å². The predicted molar refractivity (Wildman–Crippen MR) is 73.6 cm³/mol. The van der Waals surface area contributed by atoms with E-state index >= 15 is 0 Å². The van der Waals surface area contributed by atoms with Gasteiger partial charge in [-0.2, -0.15) is 0 Å². The van der Waals surface area contributed by atoms with Crippen molar-refractivity contribution >= 4 is 35.9 Å². The summed E-state index contributed by atoms with van der Waals surface area (Å²) >= 11 is 7.82. The molecule has 0 heterocycles. The van der Waals surface area contributed by atoms with E-state index in [2.05, 4.69) is 27.1 Å². The van der Waals surface area contributed by atoms with E-state index in [4.69, 9.17) is 18.4 Å². The van der Waals surface area contributed by atoms with Gasteiger partial charge >= 0.3 is 0 Å². The summed E-state index contributed by atoms with van der Waals surface area (Å²) in [6, 6.07) is 0. The van der Waals surface area contributed by atoms with Crippen molar-refractivity contribution in [1.82, 2.24) is 0 Å². The maximum absolute atomic E-state index is 10.9. The SMILES string of the molecule is CS(=O)(=S)OCCOCCOCCOCCBr. The van der Waals surface area contributed by atoms with Crippen molar-refractivity contribution < 1.29 is 22.6 Å². The van der Waals surface area contributed by atoms with Crippen LogP contribution in [0.5, 0.6) is 0 Å². The van der Waals surface area contributed by atoms with Crippen LogP contribution >= 0.6 is 15.9 Å². The van der Waals surface area contributed by atoms with Crippen LogP contribution < -0.4 is 0 Å². The first kappa shape index (κ1) is 17.7. The fourth-order valence-electron chi connectivity index (χ4n) is 0.841. The third-order valence-corrected chi connectivity index (χ3v) is 2.70. The van der Waals surface area contributed by atoms with Crippen LogP contribution in [0.25, 0.3) is 0 Å². The Morgan fingerprint density at radius 3 is 1.76 bits per heavy atom. The molecule has 5 nitrogen and oxygen atoms in total. The van der Waals surface area contributed by atoms with Crippen molar-refractivity contribution in [2.24, 2.45) is 0 Å². The summed E-state index contributed by atoms with van der Waals surface area (Å²) in [5.74, 6) is 0. The average Bonchev–Trinajstić information content (AvgIpc) is 2.24. The lowest BCUT2D eigenvalue weighted by Crippen LogP contribution is -2.13. The second-order valence-corrected chi connectivity index (χ2v) is 7.31. The van der Waals surface area contributed by atoms with Gasteiger partial charge in [0.25, 0.3) is 0 Å². The van der Waals surface area contributed by atoms with Crippen molar-refractivity contribution in [3.05, 3.63) is 0 Å². The molecule has 0 aliphatic heterocycles. The molecule has 0 saturated heterocycles. The van der Waals surface area contributed by atoms with Gasteiger partial charge in [0.05, 0.1) is 46.2 Å². The Kier molecular flexibility index (Phi) is 12.2. The van der Waals surface area contributed by atoms with Crippen molar-refractivity contribution in [2.45, 2.75) is 0 Å². The summed E-state index contributed by atoms with van der Waals surface area (Å²) in [4.78, 5) is 0. The minimum absolute atomic E-state index is 0.243. The van der Waals surface area contributed by atoms with Gasteiger partial charge in [-0.25, -0.2) is 4.21 Å². The quantitative estimate of drug-likeness (QED) is 0.382. The summed E-state index contributed by atoms with van der Waals surface area (Å²) in [5.41, 5.74) is 0. The van der Waals surface area contributed by atoms with Gasteiger partial charge in [0, 0.05) is 22.8 Å². The molecule has 17 heavy (non-hydrogen) atoms. The lowest BCUT2D eigenvalue weighted by Gasteiger charge is -2.06. The first-order chi connectivity index (χ1) is 8.06. The van der Waals surface area contributed by atoms with Crippen molar-refractivity contribution in [2.75, 3.05) is 57.8 Å². The van der Waals surface area contributed by atoms with Crippen LogP contribution in [0, 0.1) is 0 Å². The highest BCUT2D eigenvalue weighted by atomic mass is 79.9. The van der Waals surface area contributed by atoms with Crippen LogP contribution in [-0.2, 0) is 38.4 Å². The van der Waals surface area contributed by atoms with Gasteiger partial charge in [-0.15, -0.1) is 0 Å². The number of ether oxygens (including phenoxy) is 3. The molecular weight excluding hydrogens is 332 g/mol. The standard InChI is InChI=1S/C9H19BrO5S2/c1-17(11,16)15-9-8-14-7-6-13-5-4-12-3-2-10/h2-9H2,1H3. The summed E-state index contributed by atoms with van der Waals surface area (Å²) in [6.07, 6.45) is 1.37. The number of hydrogen-bond acceptors (Lipinski definition) is 6. The van der Waals surface area contributed by atoms with Crippen LogP contribution in [0.2, 0.25) is 0 Å². The molecule has 0 rings (SSSR count). The molecule has 0 amide bonds. The van der Waals surface area contributed by atoms with Gasteiger partial charge in [-0.3, -0.25) is 4.18 Å². The molecule has 1 atom stereocenters. The molecule has 8 heteroatoms. The Morgan fingerprint density at radius 2 is 1.35 bits per heavy atom. The number of alkyl halides is 1. The lowest BCUT2D eigenvalue weighted by atomic mass is 10.7. The topological polar surface area (TPSA) is 54.0 Å². The summed E-state index contributed by atoms with van der Waals surface area (Å²) in [7, 11) is -2.53.